The van der Waals surface area contributed by atoms with Gasteiger partial charge in [-0.2, -0.15) is 0 Å². The van der Waals surface area contributed by atoms with Crippen molar-refractivity contribution in [1.82, 2.24) is 10.2 Å². The van der Waals surface area contributed by atoms with Crippen LogP contribution in [0.4, 0.5) is 0 Å². The average molecular weight is 395 g/mol. The third kappa shape index (κ3) is 6.74. The van der Waals surface area contributed by atoms with Crippen molar-refractivity contribution in [3.05, 3.63) is 70.8 Å². The van der Waals surface area contributed by atoms with Gasteiger partial charge in [0, 0.05) is 13.1 Å². The second-order valence-electron chi connectivity index (χ2n) is 8.18. The Hall–Kier alpha value is -2.62. The molecule has 0 fully saturated rings. The minimum absolute atomic E-state index is 0.0194. The number of amides is 2. The van der Waals surface area contributed by atoms with Crippen molar-refractivity contribution in [2.24, 2.45) is 5.92 Å². The molecular formula is C25H34N2O2. The minimum atomic E-state index is -0.480. The Morgan fingerprint density at radius 2 is 1.72 bits per heavy atom. The highest BCUT2D eigenvalue weighted by Gasteiger charge is 2.28. The van der Waals surface area contributed by atoms with Crippen molar-refractivity contribution in [2.45, 2.75) is 60.0 Å². The monoisotopic (exact) mass is 394 g/mol. The van der Waals surface area contributed by atoms with Crippen molar-refractivity contribution in [3.63, 3.8) is 0 Å². The fraction of sp³-hybridized carbons (Fsp3) is 0.440. The first-order chi connectivity index (χ1) is 13.8. The van der Waals surface area contributed by atoms with Crippen LogP contribution in [0.15, 0.2) is 48.5 Å². The highest BCUT2D eigenvalue weighted by molar-refractivity contribution is 5.88. The summed E-state index contributed by atoms with van der Waals surface area (Å²) in [6.07, 6.45) is 0.879. The molecule has 0 radical (unpaired) electrons. The quantitative estimate of drug-likeness (QED) is 0.684. The Morgan fingerprint density at radius 3 is 2.34 bits per heavy atom. The molecule has 2 amide bonds. The molecule has 2 aromatic carbocycles. The lowest BCUT2D eigenvalue weighted by Gasteiger charge is -2.31. The smallest absolute Gasteiger partial charge is 0.242 e. The van der Waals surface area contributed by atoms with E-state index in [1.165, 1.54) is 0 Å². The predicted molar refractivity (Wildman–Crippen MR) is 119 cm³/mol. The van der Waals surface area contributed by atoms with Crippen LogP contribution in [0.2, 0.25) is 0 Å². The molecule has 156 valence electrons. The molecule has 1 unspecified atom stereocenters. The summed E-state index contributed by atoms with van der Waals surface area (Å²) in [6.45, 7) is 11.2. The number of nitrogens with one attached hydrogen (secondary N) is 1. The van der Waals surface area contributed by atoms with E-state index in [1.807, 2.05) is 57.2 Å². The molecule has 0 aromatic heterocycles. The van der Waals surface area contributed by atoms with Crippen LogP contribution in [-0.4, -0.2) is 29.3 Å². The molecular weight excluding hydrogens is 360 g/mol. The molecule has 1 atom stereocenters. The van der Waals surface area contributed by atoms with Crippen LogP contribution >= 0.6 is 0 Å². The van der Waals surface area contributed by atoms with Gasteiger partial charge in [0.05, 0.1) is 6.42 Å². The first kappa shape index (κ1) is 22.7. The largest absolute Gasteiger partial charge is 0.354 e. The molecule has 0 saturated heterocycles. The lowest BCUT2D eigenvalue weighted by Crippen LogP contribution is -2.50. The maximum Gasteiger partial charge on any atom is 0.242 e. The molecule has 2 rings (SSSR count). The molecule has 0 aliphatic carbocycles. The van der Waals surface area contributed by atoms with E-state index >= 15 is 0 Å². The Balaban J connectivity index is 2.28. The van der Waals surface area contributed by atoms with Gasteiger partial charge in [-0.05, 0) is 42.9 Å². The zero-order valence-electron chi connectivity index (χ0n) is 18.4. The highest BCUT2D eigenvalue weighted by atomic mass is 16.2. The maximum atomic E-state index is 13.4. The second-order valence-corrected chi connectivity index (χ2v) is 8.18. The zero-order chi connectivity index (χ0) is 21.4. The number of benzene rings is 2. The van der Waals surface area contributed by atoms with E-state index in [9.17, 15) is 9.59 Å². The Morgan fingerprint density at radius 1 is 1.03 bits per heavy atom. The van der Waals surface area contributed by atoms with E-state index in [-0.39, 0.29) is 11.8 Å². The van der Waals surface area contributed by atoms with Gasteiger partial charge in [-0.1, -0.05) is 74.9 Å². The Kier molecular flexibility index (Phi) is 8.44. The molecule has 0 heterocycles. The van der Waals surface area contributed by atoms with Crippen LogP contribution in [0.25, 0.3) is 0 Å². The molecule has 1 N–H and O–H groups in total. The van der Waals surface area contributed by atoms with E-state index < -0.39 is 6.04 Å². The number of hydrogen-bond donors (Lipinski definition) is 1. The third-order valence-corrected chi connectivity index (χ3v) is 5.11. The van der Waals surface area contributed by atoms with E-state index in [4.69, 9.17) is 0 Å². The van der Waals surface area contributed by atoms with Gasteiger partial charge in [0.2, 0.25) is 11.8 Å². The Bertz CT molecular complexity index is 815. The topological polar surface area (TPSA) is 49.4 Å². The van der Waals surface area contributed by atoms with Crippen molar-refractivity contribution in [3.8, 4) is 0 Å². The van der Waals surface area contributed by atoms with Crippen molar-refractivity contribution < 1.29 is 9.59 Å². The van der Waals surface area contributed by atoms with Crippen molar-refractivity contribution in [2.75, 3.05) is 6.54 Å². The van der Waals surface area contributed by atoms with Crippen LogP contribution in [0.1, 0.15) is 49.4 Å². The van der Waals surface area contributed by atoms with Crippen LogP contribution in [0, 0.1) is 19.8 Å². The number of carbonyl (C=O) groups is 2. The molecule has 0 aliphatic rings. The van der Waals surface area contributed by atoms with Crippen molar-refractivity contribution >= 4 is 11.8 Å². The fourth-order valence-electron chi connectivity index (χ4n) is 3.38. The molecule has 4 nitrogen and oxygen atoms in total. The molecule has 4 heteroatoms. The van der Waals surface area contributed by atoms with Gasteiger partial charge in [0.1, 0.15) is 6.04 Å². The summed E-state index contributed by atoms with van der Waals surface area (Å²) in [5, 5.41) is 3.01. The van der Waals surface area contributed by atoms with E-state index in [0.29, 0.717) is 31.8 Å². The molecule has 0 aliphatic heterocycles. The summed E-state index contributed by atoms with van der Waals surface area (Å²) in [5.74, 6) is 0.269. The summed E-state index contributed by atoms with van der Waals surface area (Å²) in [5.41, 5.74) is 4.28. The van der Waals surface area contributed by atoms with Crippen LogP contribution < -0.4 is 5.32 Å². The summed E-state index contributed by atoms with van der Waals surface area (Å²) < 4.78 is 0. The normalized spacial score (nSPS) is 11.9. The average Bonchev–Trinajstić information content (AvgIpc) is 2.69. The van der Waals surface area contributed by atoms with Crippen LogP contribution in [0.5, 0.6) is 0 Å². The van der Waals surface area contributed by atoms with Crippen LogP contribution in [-0.2, 0) is 22.6 Å². The van der Waals surface area contributed by atoms with Gasteiger partial charge >= 0.3 is 0 Å². The van der Waals surface area contributed by atoms with Gasteiger partial charge in [-0.3, -0.25) is 9.59 Å². The molecule has 0 bridgehead atoms. The van der Waals surface area contributed by atoms with Gasteiger partial charge in [-0.25, -0.2) is 0 Å². The van der Waals surface area contributed by atoms with E-state index in [2.05, 4.69) is 31.3 Å². The standard InChI is InChI=1S/C25H34N2O2/c1-6-23(25(29)26-16-18(2)3)27(17-21-10-8-7-9-11-21)24(28)15-22-14-19(4)12-13-20(22)5/h7-14,18,23H,6,15-17H2,1-5H3,(H,26,29). The molecule has 0 spiro atoms. The lowest BCUT2D eigenvalue weighted by molar-refractivity contribution is -0.141. The maximum absolute atomic E-state index is 13.4. The SMILES string of the molecule is CCC(C(=O)NCC(C)C)N(Cc1ccccc1)C(=O)Cc1cc(C)ccc1C. The number of aryl methyl sites for hydroxylation is 2. The molecule has 2 aromatic rings. The summed E-state index contributed by atoms with van der Waals surface area (Å²) in [6, 6.07) is 15.6. The third-order valence-electron chi connectivity index (χ3n) is 5.11. The number of rotatable bonds is 9. The summed E-state index contributed by atoms with van der Waals surface area (Å²) in [7, 11) is 0. The van der Waals surface area contributed by atoms with E-state index in [1.54, 1.807) is 4.90 Å². The van der Waals surface area contributed by atoms with Gasteiger partial charge in [0.25, 0.3) is 0 Å². The Labute approximate surface area is 175 Å². The minimum Gasteiger partial charge on any atom is -0.354 e. The first-order valence-electron chi connectivity index (χ1n) is 10.5. The lowest BCUT2D eigenvalue weighted by atomic mass is 10.0. The summed E-state index contributed by atoms with van der Waals surface area (Å²) >= 11 is 0. The van der Waals surface area contributed by atoms with Crippen LogP contribution in [0.3, 0.4) is 0 Å². The van der Waals surface area contributed by atoms with Gasteiger partial charge in [-0.15, -0.1) is 0 Å². The second kappa shape index (κ2) is 10.8. The molecule has 29 heavy (non-hydrogen) atoms. The van der Waals surface area contributed by atoms with Gasteiger partial charge < -0.3 is 10.2 Å². The molecule has 0 saturated carbocycles. The predicted octanol–water partition coefficient (Wildman–Crippen LogP) is 4.43. The number of nitrogens with zero attached hydrogens (tertiary/aromatic N) is 1. The van der Waals surface area contributed by atoms with Gasteiger partial charge in [0.15, 0.2) is 0 Å². The van der Waals surface area contributed by atoms with Crippen molar-refractivity contribution in [1.29, 1.82) is 0 Å². The zero-order valence-corrected chi connectivity index (χ0v) is 18.4. The fourth-order valence-corrected chi connectivity index (χ4v) is 3.38. The highest BCUT2D eigenvalue weighted by Crippen LogP contribution is 2.17. The number of hydrogen-bond acceptors (Lipinski definition) is 2. The summed E-state index contributed by atoms with van der Waals surface area (Å²) in [4.78, 5) is 28.0. The first-order valence-corrected chi connectivity index (χ1v) is 10.5. The number of carbonyl (C=O) groups excluding carboxylic acids is 2. The van der Waals surface area contributed by atoms with E-state index in [0.717, 1.165) is 22.3 Å².